The summed E-state index contributed by atoms with van der Waals surface area (Å²) in [6.45, 7) is 4.01. The van der Waals surface area contributed by atoms with Gasteiger partial charge in [-0.2, -0.15) is 0 Å². The molecular weight excluding hydrogens is 420 g/mol. The van der Waals surface area contributed by atoms with Gasteiger partial charge in [0, 0.05) is 25.0 Å². The summed E-state index contributed by atoms with van der Waals surface area (Å²) in [6.07, 6.45) is 7.28. The number of nitrogens with one attached hydrogen (secondary N) is 1. The third kappa shape index (κ3) is 3.73. The Bertz CT molecular complexity index is 1440. The van der Waals surface area contributed by atoms with Gasteiger partial charge in [0.25, 0.3) is 0 Å². The molecule has 1 N–H and O–H groups in total. The summed E-state index contributed by atoms with van der Waals surface area (Å²) in [7, 11) is 1.96. The first-order valence-corrected chi connectivity index (χ1v) is 11.1. The second-order valence-electron chi connectivity index (χ2n) is 8.31. The summed E-state index contributed by atoms with van der Waals surface area (Å²) in [5.41, 5.74) is 5.02. The zero-order valence-corrected chi connectivity index (χ0v) is 18.8. The molecule has 0 fully saturated rings. The average molecular weight is 443 g/mol. The summed E-state index contributed by atoms with van der Waals surface area (Å²) < 4.78 is 1.97. The maximum Gasteiger partial charge on any atom is 0.225 e. The first kappa shape index (κ1) is 20.3. The Balaban J connectivity index is 1.44. The highest BCUT2D eigenvalue weighted by Crippen LogP contribution is 2.34. The highest BCUT2D eigenvalue weighted by atomic mass is 32.1. The van der Waals surface area contributed by atoms with Crippen LogP contribution in [0.1, 0.15) is 25.0 Å². The first-order valence-electron chi connectivity index (χ1n) is 10.3. The fraction of sp³-hybridized carbons (Fsp3) is 0.208. The van der Waals surface area contributed by atoms with Crippen molar-refractivity contribution in [1.82, 2.24) is 29.8 Å². The van der Waals surface area contributed by atoms with Crippen LogP contribution in [0, 0.1) is 0 Å². The van der Waals surface area contributed by atoms with E-state index in [2.05, 4.69) is 26.3 Å². The van der Waals surface area contributed by atoms with Crippen molar-refractivity contribution in [2.75, 3.05) is 0 Å². The topological polar surface area (TPSA) is 85.6 Å². The molecule has 0 aliphatic heterocycles. The van der Waals surface area contributed by atoms with Crippen LogP contribution in [0.25, 0.3) is 32.0 Å². The van der Waals surface area contributed by atoms with Crippen LogP contribution in [0.3, 0.4) is 0 Å². The predicted octanol–water partition coefficient (Wildman–Crippen LogP) is 4.23. The highest BCUT2D eigenvalue weighted by Gasteiger charge is 2.24. The Hall–Kier alpha value is -3.65. The Morgan fingerprint density at radius 3 is 2.84 bits per heavy atom. The molecular formula is C24H22N6OS. The lowest BCUT2D eigenvalue weighted by Gasteiger charge is -2.27. The van der Waals surface area contributed by atoms with Crippen LogP contribution in [0.5, 0.6) is 0 Å². The lowest BCUT2D eigenvalue weighted by atomic mass is 9.92. The zero-order chi connectivity index (χ0) is 22.3. The van der Waals surface area contributed by atoms with Crippen molar-refractivity contribution in [2.45, 2.75) is 25.8 Å². The Morgan fingerprint density at radius 2 is 2.03 bits per heavy atom. The number of amides is 1. The van der Waals surface area contributed by atoms with Gasteiger partial charge < -0.3 is 9.88 Å². The summed E-state index contributed by atoms with van der Waals surface area (Å²) >= 11 is 1.55. The molecule has 0 saturated carbocycles. The number of fused-ring (bicyclic) bond motifs is 3. The molecule has 8 heteroatoms. The Morgan fingerprint density at radius 1 is 1.16 bits per heavy atom. The maximum atomic E-state index is 12.6. The average Bonchev–Trinajstić information content (AvgIpc) is 3.37. The van der Waals surface area contributed by atoms with Crippen LogP contribution in [-0.4, -0.2) is 30.4 Å². The summed E-state index contributed by atoms with van der Waals surface area (Å²) in [5, 5.41) is 4.04. The number of carbonyl (C=O) groups is 1. The van der Waals surface area contributed by atoms with Gasteiger partial charge in [-0.3, -0.25) is 9.78 Å². The maximum absolute atomic E-state index is 12.6. The fourth-order valence-electron chi connectivity index (χ4n) is 3.82. The van der Waals surface area contributed by atoms with Crippen molar-refractivity contribution in [3.05, 3.63) is 72.4 Å². The van der Waals surface area contributed by atoms with Crippen molar-refractivity contribution >= 4 is 38.6 Å². The Labute approximate surface area is 189 Å². The highest BCUT2D eigenvalue weighted by molar-refractivity contribution is 7.21. The standard InChI is InChI=1S/C24H22N6OS/c1-24(2,29-19(31)10-15-6-5-9-25-12-15)17-8-4-7-16(11-17)22-28-20-21-18(27-14-30(21)3)13-26-23(20)32-22/h4-9,11-14H,10H2,1-3H3,(H,29,31). The minimum Gasteiger partial charge on any atom is -0.347 e. The lowest BCUT2D eigenvalue weighted by molar-refractivity contribution is -0.122. The number of nitrogens with zero attached hydrogens (tertiary/aromatic N) is 5. The molecule has 4 heterocycles. The van der Waals surface area contributed by atoms with Gasteiger partial charge >= 0.3 is 0 Å². The van der Waals surface area contributed by atoms with Gasteiger partial charge in [0.15, 0.2) is 0 Å². The van der Waals surface area contributed by atoms with E-state index in [1.165, 1.54) is 0 Å². The van der Waals surface area contributed by atoms with Crippen molar-refractivity contribution in [3.63, 3.8) is 0 Å². The summed E-state index contributed by atoms with van der Waals surface area (Å²) in [4.78, 5) is 31.4. The predicted molar refractivity (Wildman–Crippen MR) is 126 cm³/mol. The van der Waals surface area contributed by atoms with E-state index < -0.39 is 5.54 Å². The lowest BCUT2D eigenvalue weighted by Crippen LogP contribution is -2.41. The molecule has 0 unspecified atom stereocenters. The number of carbonyl (C=O) groups excluding carboxylic acids is 1. The second-order valence-corrected chi connectivity index (χ2v) is 9.29. The molecule has 4 aromatic heterocycles. The molecule has 0 saturated heterocycles. The molecule has 160 valence electrons. The van der Waals surface area contributed by atoms with Crippen molar-refractivity contribution in [1.29, 1.82) is 0 Å². The molecule has 0 aliphatic rings. The number of hydrogen-bond donors (Lipinski definition) is 1. The minimum absolute atomic E-state index is 0.0452. The second kappa shape index (κ2) is 7.80. The van der Waals surface area contributed by atoms with Crippen LogP contribution in [0.15, 0.2) is 61.3 Å². The number of imidazole rings is 1. The van der Waals surface area contributed by atoms with Crippen molar-refractivity contribution < 1.29 is 4.79 Å². The molecule has 0 bridgehead atoms. The molecule has 1 amide bonds. The third-order valence-electron chi connectivity index (χ3n) is 5.47. The van der Waals surface area contributed by atoms with Gasteiger partial charge in [0.05, 0.1) is 30.0 Å². The van der Waals surface area contributed by atoms with Crippen LogP contribution in [-0.2, 0) is 23.8 Å². The van der Waals surface area contributed by atoms with Gasteiger partial charge in [-0.25, -0.2) is 15.0 Å². The van der Waals surface area contributed by atoms with Gasteiger partial charge in [-0.1, -0.05) is 35.6 Å². The number of benzene rings is 1. The molecule has 0 radical (unpaired) electrons. The Kier molecular flexibility index (Phi) is 4.94. The molecule has 7 nitrogen and oxygen atoms in total. The van der Waals surface area contributed by atoms with E-state index >= 15 is 0 Å². The molecule has 0 aliphatic carbocycles. The summed E-state index contributed by atoms with van der Waals surface area (Å²) in [5.74, 6) is -0.0452. The number of pyridine rings is 2. The molecule has 0 atom stereocenters. The third-order valence-corrected chi connectivity index (χ3v) is 6.49. The van der Waals surface area contributed by atoms with Gasteiger partial charge in [-0.05, 0) is 37.1 Å². The first-order chi connectivity index (χ1) is 15.4. The quantitative estimate of drug-likeness (QED) is 0.440. The molecule has 0 spiro atoms. The zero-order valence-electron chi connectivity index (χ0n) is 18.0. The molecule has 5 aromatic rings. The molecule has 32 heavy (non-hydrogen) atoms. The van der Waals surface area contributed by atoms with Gasteiger partial charge in [0.2, 0.25) is 5.91 Å². The van der Waals surface area contributed by atoms with E-state index in [9.17, 15) is 4.79 Å². The van der Waals surface area contributed by atoms with E-state index in [0.29, 0.717) is 6.42 Å². The number of rotatable bonds is 5. The van der Waals surface area contributed by atoms with Crippen molar-refractivity contribution in [3.8, 4) is 10.6 Å². The largest absolute Gasteiger partial charge is 0.347 e. The van der Waals surface area contributed by atoms with E-state index in [-0.39, 0.29) is 5.91 Å². The molecule has 1 aromatic carbocycles. The number of aryl methyl sites for hydroxylation is 1. The van der Waals surface area contributed by atoms with E-state index in [0.717, 1.165) is 43.1 Å². The van der Waals surface area contributed by atoms with Crippen LogP contribution in [0.2, 0.25) is 0 Å². The monoisotopic (exact) mass is 442 g/mol. The van der Waals surface area contributed by atoms with E-state index in [4.69, 9.17) is 4.98 Å². The SMILES string of the molecule is Cn1cnc2cnc3sc(-c4cccc(C(C)(C)NC(=O)Cc5cccnc5)c4)nc3c21. The minimum atomic E-state index is -0.542. The number of aromatic nitrogens is 5. The summed E-state index contributed by atoms with van der Waals surface area (Å²) in [6, 6.07) is 11.9. The van der Waals surface area contributed by atoms with E-state index in [1.807, 2.05) is 55.8 Å². The molecule has 5 rings (SSSR count). The van der Waals surface area contributed by atoms with Crippen LogP contribution >= 0.6 is 11.3 Å². The number of hydrogen-bond acceptors (Lipinski definition) is 6. The van der Waals surface area contributed by atoms with Gasteiger partial charge in [0.1, 0.15) is 20.9 Å². The van der Waals surface area contributed by atoms with E-state index in [1.54, 1.807) is 36.3 Å². The van der Waals surface area contributed by atoms with Gasteiger partial charge in [-0.15, -0.1) is 0 Å². The van der Waals surface area contributed by atoms with Crippen LogP contribution in [0.4, 0.5) is 0 Å². The number of thiazole rings is 1. The fourth-order valence-corrected chi connectivity index (χ4v) is 4.73. The smallest absolute Gasteiger partial charge is 0.225 e. The normalized spacial score (nSPS) is 11.8. The van der Waals surface area contributed by atoms with Crippen LogP contribution < -0.4 is 5.32 Å². The van der Waals surface area contributed by atoms with Crippen molar-refractivity contribution in [2.24, 2.45) is 7.05 Å².